The molecule has 2 aromatic rings. The number of rotatable bonds is 25. The van der Waals surface area contributed by atoms with Crippen molar-refractivity contribution in [1.29, 1.82) is 0 Å². The van der Waals surface area contributed by atoms with E-state index in [4.69, 9.17) is 9.47 Å². The van der Waals surface area contributed by atoms with E-state index in [1.165, 1.54) is 132 Å². The van der Waals surface area contributed by atoms with Gasteiger partial charge in [0.25, 0.3) is 0 Å². The van der Waals surface area contributed by atoms with Gasteiger partial charge in [0.1, 0.15) is 5.75 Å². The van der Waals surface area contributed by atoms with E-state index in [2.05, 4.69) is 69.3 Å². The lowest BCUT2D eigenvalue weighted by atomic mass is 10.0. The molecule has 2 heteroatoms. The fourth-order valence-electron chi connectivity index (χ4n) is 5.24. The maximum Gasteiger partial charge on any atom is 0.119 e. The molecule has 0 spiro atoms. The molecule has 0 aromatic heterocycles. The average Bonchev–Trinajstić information content (AvgIpc) is 2.97. The highest BCUT2D eigenvalue weighted by Gasteiger charge is 2.07. The molecule has 0 radical (unpaired) electrons. The van der Waals surface area contributed by atoms with Gasteiger partial charge >= 0.3 is 0 Å². The largest absolute Gasteiger partial charge is 0.494 e. The maximum atomic E-state index is 6.10. The number of hydrogen-bond acceptors (Lipinski definition) is 2. The molecule has 0 fully saturated rings. The molecule has 0 aliphatic rings. The lowest BCUT2D eigenvalue weighted by Crippen LogP contribution is -2.01. The van der Waals surface area contributed by atoms with Crippen LogP contribution in [-0.4, -0.2) is 13.2 Å². The number of benzene rings is 2. The molecule has 0 aliphatic carbocycles. The summed E-state index contributed by atoms with van der Waals surface area (Å²) in [7, 11) is 0. The first-order valence-electron chi connectivity index (χ1n) is 16.7. The van der Waals surface area contributed by atoms with Gasteiger partial charge < -0.3 is 9.47 Å². The van der Waals surface area contributed by atoms with Crippen LogP contribution in [0.4, 0.5) is 0 Å². The van der Waals surface area contributed by atoms with Gasteiger partial charge in [-0.2, -0.15) is 0 Å². The molecule has 2 rings (SSSR count). The molecule has 0 bridgehead atoms. The van der Waals surface area contributed by atoms with E-state index in [0.29, 0.717) is 0 Å². The number of ether oxygens (including phenoxy) is 2. The van der Waals surface area contributed by atoms with Gasteiger partial charge in [0.15, 0.2) is 0 Å². The van der Waals surface area contributed by atoms with Crippen molar-refractivity contribution in [2.24, 2.45) is 0 Å². The minimum atomic E-state index is 0.148. The number of unbranched alkanes of at least 4 members (excludes halogenated alkanes) is 17. The zero-order valence-electron chi connectivity index (χ0n) is 25.9. The predicted octanol–water partition coefficient (Wildman–Crippen LogP) is 12.3. The third-order valence-electron chi connectivity index (χ3n) is 7.95. The monoisotopic (exact) mass is 536 g/mol. The Hall–Kier alpha value is -1.80. The van der Waals surface area contributed by atoms with Gasteiger partial charge in [-0.15, -0.1) is 0 Å². The first kappa shape index (κ1) is 33.4. The Morgan fingerprint density at radius 3 is 1.31 bits per heavy atom. The van der Waals surface area contributed by atoms with Crippen LogP contribution in [0.3, 0.4) is 0 Å². The molecule has 220 valence electrons. The van der Waals surface area contributed by atoms with Gasteiger partial charge in [-0.25, -0.2) is 0 Å². The standard InChI is InChI=1S/C37H60O2/c1-4-6-8-10-12-13-14-15-16-18-20-22-32-39-37-29-27-36(28-30-37)35-25-23-34(24-26-35)33(3)38-31-21-19-17-11-9-7-5-2/h23-30,33H,4-22,31-32H2,1-3H3. The summed E-state index contributed by atoms with van der Waals surface area (Å²) in [6.45, 7) is 8.41. The van der Waals surface area contributed by atoms with Crippen LogP contribution in [0, 0.1) is 0 Å². The Morgan fingerprint density at radius 1 is 0.462 bits per heavy atom. The molecule has 39 heavy (non-hydrogen) atoms. The van der Waals surface area contributed by atoms with Crippen molar-refractivity contribution < 1.29 is 9.47 Å². The Kier molecular flexibility index (Phi) is 19.7. The summed E-state index contributed by atoms with van der Waals surface area (Å²) in [6.07, 6.45) is 25.9. The van der Waals surface area contributed by atoms with Crippen LogP contribution in [0.5, 0.6) is 5.75 Å². The highest BCUT2D eigenvalue weighted by molar-refractivity contribution is 5.64. The number of hydrogen-bond donors (Lipinski definition) is 0. The first-order valence-corrected chi connectivity index (χ1v) is 16.7. The first-order chi connectivity index (χ1) is 19.2. The van der Waals surface area contributed by atoms with Gasteiger partial charge in [0.2, 0.25) is 0 Å². The molecule has 2 nitrogen and oxygen atoms in total. The minimum Gasteiger partial charge on any atom is -0.494 e. The van der Waals surface area contributed by atoms with Crippen molar-refractivity contribution in [2.75, 3.05) is 13.2 Å². The zero-order valence-corrected chi connectivity index (χ0v) is 25.9. The van der Waals surface area contributed by atoms with Crippen molar-refractivity contribution >= 4 is 0 Å². The smallest absolute Gasteiger partial charge is 0.119 e. The van der Waals surface area contributed by atoms with E-state index in [0.717, 1.165) is 25.4 Å². The molecule has 1 unspecified atom stereocenters. The summed E-state index contributed by atoms with van der Waals surface area (Å²) < 4.78 is 12.1. The van der Waals surface area contributed by atoms with E-state index < -0.39 is 0 Å². The van der Waals surface area contributed by atoms with E-state index in [9.17, 15) is 0 Å². The molecule has 0 N–H and O–H groups in total. The van der Waals surface area contributed by atoms with Gasteiger partial charge in [0.05, 0.1) is 12.7 Å². The molecule has 2 aromatic carbocycles. The van der Waals surface area contributed by atoms with Crippen LogP contribution in [0.25, 0.3) is 11.1 Å². The van der Waals surface area contributed by atoms with Gasteiger partial charge in [-0.1, -0.05) is 159 Å². The molecule has 0 saturated heterocycles. The van der Waals surface area contributed by atoms with Crippen LogP contribution < -0.4 is 4.74 Å². The second-order valence-electron chi connectivity index (χ2n) is 11.5. The highest BCUT2D eigenvalue weighted by Crippen LogP contribution is 2.26. The summed E-state index contributed by atoms with van der Waals surface area (Å²) in [5.74, 6) is 0.978. The molecular formula is C37H60O2. The van der Waals surface area contributed by atoms with Crippen molar-refractivity contribution in [3.63, 3.8) is 0 Å². The molecule has 0 aliphatic heterocycles. The topological polar surface area (TPSA) is 18.5 Å². The summed E-state index contributed by atoms with van der Waals surface area (Å²) in [6, 6.07) is 17.4. The van der Waals surface area contributed by atoms with Crippen LogP contribution in [-0.2, 0) is 4.74 Å². The van der Waals surface area contributed by atoms with E-state index in [-0.39, 0.29) is 6.10 Å². The van der Waals surface area contributed by atoms with Crippen LogP contribution in [0.15, 0.2) is 48.5 Å². The predicted molar refractivity (Wildman–Crippen MR) is 171 cm³/mol. The Morgan fingerprint density at radius 2 is 0.846 bits per heavy atom. The quantitative estimate of drug-likeness (QED) is 0.117. The Labute approximate surface area is 242 Å². The highest BCUT2D eigenvalue weighted by atomic mass is 16.5. The fraction of sp³-hybridized carbons (Fsp3) is 0.676. The SMILES string of the molecule is CCCCCCCCCCCCCCOc1ccc(-c2ccc(C(C)OCCCCCCCCC)cc2)cc1. The van der Waals surface area contributed by atoms with E-state index in [1.54, 1.807) is 0 Å². The summed E-state index contributed by atoms with van der Waals surface area (Å²) in [5, 5.41) is 0. The van der Waals surface area contributed by atoms with Gasteiger partial charge in [-0.3, -0.25) is 0 Å². The molecule has 0 heterocycles. The van der Waals surface area contributed by atoms with E-state index >= 15 is 0 Å². The van der Waals surface area contributed by atoms with Gasteiger partial charge in [0, 0.05) is 6.61 Å². The van der Waals surface area contributed by atoms with Gasteiger partial charge in [-0.05, 0) is 48.6 Å². The Bertz CT molecular complexity index is 795. The summed E-state index contributed by atoms with van der Waals surface area (Å²) in [4.78, 5) is 0. The van der Waals surface area contributed by atoms with E-state index in [1.807, 2.05) is 0 Å². The van der Waals surface area contributed by atoms with Crippen molar-refractivity contribution in [2.45, 2.75) is 149 Å². The second kappa shape index (κ2) is 23.0. The maximum absolute atomic E-state index is 6.10. The van der Waals surface area contributed by atoms with Crippen LogP contribution in [0.2, 0.25) is 0 Å². The molecular weight excluding hydrogens is 476 g/mol. The molecule has 0 saturated carbocycles. The van der Waals surface area contributed by atoms with Crippen molar-refractivity contribution in [3.05, 3.63) is 54.1 Å². The lowest BCUT2D eigenvalue weighted by Gasteiger charge is -2.14. The second-order valence-corrected chi connectivity index (χ2v) is 11.5. The Balaban J connectivity index is 1.54. The third kappa shape index (κ3) is 16.2. The zero-order chi connectivity index (χ0) is 27.8. The summed E-state index contributed by atoms with van der Waals surface area (Å²) in [5.41, 5.74) is 3.73. The summed E-state index contributed by atoms with van der Waals surface area (Å²) >= 11 is 0. The van der Waals surface area contributed by atoms with Crippen LogP contribution >= 0.6 is 0 Å². The van der Waals surface area contributed by atoms with Crippen molar-refractivity contribution in [1.82, 2.24) is 0 Å². The normalized spacial score (nSPS) is 12.1. The molecule has 1 atom stereocenters. The minimum absolute atomic E-state index is 0.148. The fourth-order valence-corrected chi connectivity index (χ4v) is 5.24. The lowest BCUT2D eigenvalue weighted by molar-refractivity contribution is 0.0627. The average molecular weight is 537 g/mol. The van der Waals surface area contributed by atoms with Crippen LogP contribution in [0.1, 0.15) is 154 Å². The third-order valence-corrected chi connectivity index (χ3v) is 7.95. The van der Waals surface area contributed by atoms with Crippen molar-refractivity contribution in [3.8, 4) is 16.9 Å². The molecule has 0 amide bonds.